The molecule has 0 spiro atoms. The number of hydrogen-bond acceptors (Lipinski definition) is 5. The summed E-state index contributed by atoms with van der Waals surface area (Å²) in [6, 6.07) is 9.12. The zero-order valence-corrected chi connectivity index (χ0v) is 14.0. The van der Waals surface area contributed by atoms with Crippen molar-refractivity contribution in [3.8, 4) is 0 Å². The van der Waals surface area contributed by atoms with Crippen LogP contribution in [-0.4, -0.2) is 38.9 Å². The number of nitrogens with one attached hydrogen (secondary N) is 1. The van der Waals surface area contributed by atoms with Gasteiger partial charge in [-0.25, -0.2) is 18.1 Å². The van der Waals surface area contributed by atoms with Gasteiger partial charge in [-0.1, -0.05) is 53.3 Å². The van der Waals surface area contributed by atoms with Crippen LogP contribution >= 0.6 is 22.9 Å². The van der Waals surface area contributed by atoms with Gasteiger partial charge >= 0.3 is 0 Å². The number of nitrogens with zero attached hydrogens (tertiary/aromatic N) is 2. The van der Waals surface area contributed by atoms with Crippen LogP contribution in [0.4, 0.5) is 0 Å². The standard InChI is InChI=1S/C13H16ClN3O2S2/c1-17(2)9-11(10-6-4-3-5-7-10)16-21(18,19)12-8-15-13(14)20-12/h3-8,11,16H,9H2,1-2H3. The Kier molecular flexibility index (Phi) is 5.34. The van der Waals surface area contributed by atoms with E-state index >= 15 is 0 Å². The molecule has 0 saturated carbocycles. The summed E-state index contributed by atoms with van der Waals surface area (Å²) < 4.78 is 27.8. The van der Waals surface area contributed by atoms with Crippen LogP contribution in [0.2, 0.25) is 4.47 Å². The van der Waals surface area contributed by atoms with E-state index in [2.05, 4.69) is 9.71 Å². The minimum atomic E-state index is -3.64. The molecule has 2 rings (SSSR count). The average molecular weight is 346 g/mol. The second-order valence-electron chi connectivity index (χ2n) is 4.78. The molecule has 1 N–H and O–H groups in total. The summed E-state index contributed by atoms with van der Waals surface area (Å²) in [6.45, 7) is 0.551. The van der Waals surface area contributed by atoms with Gasteiger partial charge in [0.15, 0.2) is 8.68 Å². The molecular formula is C13H16ClN3O2S2. The number of sulfonamides is 1. The molecule has 8 heteroatoms. The molecule has 0 radical (unpaired) electrons. The van der Waals surface area contributed by atoms with Gasteiger partial charge < -0.3 is 4.90 Å². The summed E-state index contributed by atoms with van der Waals surface area (Å²) in [7, 11) is 0.156. The van der Waals surface area contributed by atoms with E-state index < -0.39 is 10.0 Å². The molecule has 0 fully saturated rings. The highest BCUT2D eigenvalue weighted by atomic mass is 35.5. The number of thiazole rings is 1. The van der Waals surface area contributed by atoms with E-state index in [-0.39, 0.29) is 14.7 Å². The van der Waals surface area contributed by atoms with Crippen LogP contribution in [-0.2, 0) is 10.0 Å². The minimum absolute atomic E-state index is 0.118. The molecule has 5 nitrogen and oxygen atoms in total. The van der Waals surface area contributed by atoms with Crippen LogP contribution in [0.25, 0.3) is 0 Å². The maximum atomic E-state index is 12.4. The van der Waals surface area contributed by atoms with Crippen molar-refractivity contribution < 1.29 is 8.42 Å². The molecule has 0 aliphatic carbocycles. The van der Waals surface area contributed by atoms with Crippen LogP contribution in [0.1, 0.15) is 11.6 Å². The van der Waals surface area contributed by atoms with Gasteiger partial charge in [0, 0.05) is 6.54 Å². The van der Waals surface area contributed by atoms with Crippen LogP contribution in [0, 0.1) is 0 Å². The van der Waals surface area contributed by atoms with Crippen molar-refractivity contribution in [2.75, 3.05) is 20.6 Å². The van der Waals surface area contributed by atoms with Gasteiger partial charge in [0.25, 0.3) is 10.0 Å². The monoisotopic (exact) mass is 345 g/mol. The van der Waals surface area contributed by atoms with Crippen LogP contribution < -0.4 is 4.72 Å². The summed E-state index contributed by atoms with van der Waals surface area (Å²) >= 11 is 6.65. The van der Waals surface area contributed by atoms with E-state index in [1.54, 1.807) is 0 Å². The Morgan fingerprint density at radius 1 is 1.33 bits per heavy atom. The summed E-state index contributed by atoms with van der Waals surface area (Å²) in [5.74, 6) is 0. The van der Waals surface area contributed by atoms with Gasteiger partial charge in [0.1, 0.15) is 0 Å². The van der Waals surface area contributed by atoms with Crippen LogP contribution in [0.3, 0.4) is 0 Å². The second-order valence-corrected chi connectivity index (χ2v) is 8.33. The molecule has 1 heterocycles. The number of rotatable bonds is 6. The number of likely N-dealkylation sites (N-methyl/N-ethyl adjacent to an activating group) is 1. The minimum Gasteiger partial charge on any atom is -0.307 e. The van der Waals surface area contributed by atoms with E-state index in [1.807, 2.05) is 49.3 Å². The third-order valence-electron chi connectivity index (χ3n) is 2.77. The van der Waals surface area contributed by atoms with Gasteiger partial charge in [-0.2, -0.15) is 0 Å². The predicted molar refractivity (Wildman–Crippen MR) is 85.2 cm³/mol. The Morgan fingerprint density at radius 2 is 2.00 bits per heavy atom. The summed E-state index contributed by atoms with van der Waals surface area (Å²) in [5.41, 5.74) is 0.908. The quantitative estimate of drug-likeness (QED) is 0.873. The lowest BCUT2D eigenvalue weighted by molar-refractivity contribution is 0.363. The SMILES string of the molecule is CN(C)CC(NS(=O)(=O)c1cnc(Cl)s1)c1ccccc1. The zero-order valence-electron chi connectivity index (χ0n) is 11.7. The Hall–Kier alpha value is -0.990. The molecular weight excluding hydrogens is 330 g/mol. The first-order valence-corrected chi connectivity index (χ1v) is 8.89. The van der Waals surface area contributed by atoms with Crippen LogP contribution in [0.15, 0.2) is 40.7 Å². The molecule has 1 aromatic heterocycles. The van der Waals surface area contributed by atoms with Crippen molar-refractivity contribution in [3.63, 3.8) is 0 Å². The maximum Gasteiger partial charge on any atom is 0.252 e. The topological polar surface area (TPSA) is 62.3 Å². The number of halogens is 1. The number of aromatic nitrogens is 1. The van der Waals surface area contributed by atoms with E-state index in [0.29, 0.717) is 6.54 Å². The molecule has 1 aromatic carbocycles. The van der Waals surface area contributed by atoms with Crippen molar-refractivity contribution in [2.24, 2.45) is 0 Å². The molecule has 0 aliphatic rings. The van der Waals surface area contributed by atoms with Crippen LogP contribution in [0.5, 0.6) is 0 Å². The van der Waals surface area contributed by atoms with Gasteiger partial charge in [-0.3, -0.25) is 0 Å². The molecule has 1 unspecified atom stereocenters. The van der Waals surface area contributed by atoms with Gasteiger partial charge in [0.05, 0.1) is 12.2 Å². The van der Waals surface area contributed by atoms with Gasteiger partial charge in [0.2, 0.25) is 0 Å². The molecule has 114 valence electrons. The Balaban J connectivity index is 2.27. The molecule has 1 atom stereocenters. The first-order valence-electron chi connectivity index (χ1n) is 6.22. The zero-order chi connectivity index (χ0) is 15.5. The third-order valence-corrected chi connectivity index (χ3v) is 5.82. The summed E-state index contributed by atoms with van der Waals surface area (Å²) in [6.07, 6.45) is 1.27. The average Bonchev–Trinajstić information content (AvgIpc) is 2.86. The smallest absolute Gasteiger partial charge is 0.252 e. The largest absolute Gasteiger partial charge is 0.307 e. The first-order chi connectivity index (χ1) is 9.88. The van der Waals surface area contributed by atoms with Gasteiger partial charge in [-0.15, -0.1) is 0 Å². The third kappa shape index (κ3) is 4.49. The van der Waals surface area contributed by atoms with Crippen molar-refractivity contribution in [2.45, 2.75) is 10.3 Å². The lowest BCUT2D eigenvalue weighted by Gasteiger charge is -2.22. The molecule has 0 amide bonds. The molecule has 2 aromatic rings. The van der Waals surface area contributed by atoms with Crippen molar-refractivity contribution in [1.29, 1.82) is 0 Å². The van der Waals surface area contributed by atoms with E-state index in [4.69, 9.17) is 11.6 Å². The number of benzene rings is 1. The lowest BCUT2D eigenvalue weighted by atomic mass is 10.1. The molecule has 0 bridgehead atoms. The highest BCUT2D eigenvalue weighted by molar-refractivity contribution is 7.91. The summed E-state index contributed by atoms with van der Waals surface area (Å²) in [4.78, 5) is 5.71. The fourth-order valence-corrected chi connectivity index (χ4v) is 4.39. The summed E-state index contributed by atoms with van der Waals surface area (Å²) in [5, 5.41) is 0. The van der Waals surface area contributed by atoms with E-state index in [0.717, 1.165) is 16.9 Å². The highest BCUT2D eigenvalue weighted by Gasteiger charge is 2.23. The number of hydrogen-bond donors (Lipinski definition) is 1. The van der Waals surface area contributed by atoms with Crippen molar-refractivity contribution in [1.82, 2.24) is 14.6 Å². The van der Waals surface area contributed by atoms with Crippen molar-refractivity contribution >= 4 is 33.0 Å². The lowest BCUT2D eigenvalue weighted by Crippen LogP contribution is -2.35. The van der Waals surface area contributed by atoms with Gasteiger partial charge in [-0.05, 0) is 19.7 Å². The Labute approximate surface area is 133 Å². The fourth-order valence-electron chi connectivity index (χ4n) is 1.87. The second kappa shape index (κ2) is 6.85. The normalized spacial score (nSPS) is 13.5. The van der Waals surface area contributed by atoms with Crippen molar-refractivity contribution in [3.05, 3.63) is 46.6 Å². The molecule has 21 heavy (non-hydrogen) atoms. The predicted octanol–water partition coefficient (Wildman–Crippen LogP) is 2.38. The molecule has 0 saturated heterocycles. The maximum absolute atomic E-state index is 12.4. The Bertz CT molecular complexity index is 686. The van der Waals surface area contributed by atoms with E-state index in [1.165, 1.54) is 6.20 Å². The fraction of sp³-hybridized carbons (Fsp3) is 0.308. The van der Waals surface area contributed by atoms with E-state index in [9.17, 15) is 8.42 Å². The Morgan fingerprint density at radius 3 is 2.52 bits per heavy atom. The molecule has 0 aliphatic heterocycles. The highest BCUT2D eigenvalue weighted by Crippen LogP contribution is 2.24. The first kappa shape index (κ1) is 16.4.